The van der Waals surface area contributed by atoms with E-state index in [-0.39, 0.29) is 5.41 Å². The number of nitrogens with zero attached hydrogens (tertiary/aromatic N) is 1. The molecule has 266 valence electrons. The summed E-state index contributed by atoms with van der Waals surface area (Å²) in [6.07, 6.45) is 4.92. The van der Waals surface area contributed by atoms with Crippen LogP contribution in [0.4, 0.5) is 17.1 Å². The number of fused-ring (bicyclic) bond motifs is 5. The molecule has 8 aromatic rings. The lowest BCUT2D eigenvalue weighted by Crippen LogP contribution is -2.17. The van der Waals surface area contributed by atoms with Crippen molar-refractivity contribution in [2.75, 3.05) is 4.90 Å². The summed E-state index contributed by atoms with van der Waals surface area (Å²) in [5, 5.41) is 2.50. The predicted molar refractivity (Wildman–Crippen MR) is 234 cm³/mol. The minimum absolute atomic E-state index is 0.0932. The molecule has 0 unspecified atom stereocenters. The highest BCUT2D eigenvalue weighted by molar-refractivity contribution is 5.97. The smallest absolute Gasteiger partial charge is 0.0494 e. The van der Waals surface area contributed by atoms with Crippen LogP contribution in [0.15, 0.2) is 170 Å². The maximum absolute atomic E-state index is 2.47. The molecule has 0 saturated heterocycles. The molecule has 0 spiro atoms. The third-order valence-electron chi connectivity index (χ3n) is 12.4. The minimum Gasteiger partial charge on any atom is -0.310 e. The fraction of sp³-hybridized carbons (Fsp3) is 0.148. The number of aryl methyl sites for hydroxylation is 2. The fourth-order valence-electron chi connectivity index (χ4n) is 9.48. The highest BCUT2D eigenvalue weighted by Crippen LogP contribution is 2.52. The number of anilines is 3. The molecule has 0 amide bonds. The molecule has 0 radical (unpaired) electrons. The first-order valence-corrected chi connectivity index (χ1v) is 19.9. The van der Waals surface area contributed by atoms with E-state index in [9.17, 15) is 0 Å². The molecule has 10 rings (SSSR count). The average molecular weight is 708 g/mol. The molecule has 0 aliphatic heterocycles. The molecule has 1 nitrogen and oxygen atoms in total. The Bertz CT molecular complexity index is 2720. The lowest BCUT2D eigenvalue weighted by atomic mass is 9.82. The van der Waals surface area contributed by atoms with E-state index >= 15 is 0 Å². The first-order valence-electron chi connectivity index (χ1n) is 19.9. The van der Waals surface area contributed by atoms with Crippen LogP contribution in [0.1, 0.15) is 54.5 Å². The number of hydrogen-bond acceptors (Lipinski definition) is 1. The molecule has 0 saturated carbocycles. The van der Waals surface area contributed by atoms with E-state index in [4.69, 9.17) is 0 Å². The molecule has 0 atom stereocenters. The zero-order chi connectivity index (χ0) is 37.1. The summed E-state index contributed by atoms with van der Waals surface area (Å²) in [7, 11) is 0. The van der Waals surface area contributed by atoms with Gasteiger partial charge in [0.2, 0.25) is 0 Å². The summed E-state index contributed by atoms with van der Waals surface area (Å²) in [6, 6.07) is 63.5. The van der Waals surface area contributed by atoms with Gasteiger partial charge in [-0.2, -0.15) is 0 Å². The average Bonchev–Trinajstić information content (AvgIpc) is 3.46. The highest BCUT2D eigenvalue weighted by atomic mass is 15.1. The third kappa shape index (κ3) is 5.69. The number of benzene rings is 8. The molecule has 55 heavy (non-hydrogen) atoms. The van der Waals surface area contributed by atoms with Crippen LogP contribution in [0.3, 0.4) is 0 Å². The first-order chi connectivity index (χ1) is 26.9. The Balaban J connectivity index is 1.11. The van der Waals surface area contributed by atoms with Gasteiger partial charge in [0.1, 0.15) is 0 Å². The maximum Gasteiger partial charge on any atom is 0.0494 e. The quantitative estimate of drug-likeness (QED) is 0.166. The van der Waals surface area contributed by atoms with E-state index < -0.39 is 0 Å². The van der Waals surface area contributed by atoms with E-state index in [0.717, 1.165) is 11.4 Å². The summed E-state index contributed by atoms with van der Waals surface area (Å²) in [6.45, 7) is 7.02. The Morgan fingerprint density at radius 2 is 1.00 bits per heavy atom. The van der Waals surface area contributed by atoms with Gasteiger partial charge in [-0.3, -0.25) is 0 Å². The SMILES string of the molecule is Cc1cc2c(cc1N(c1ccc(-c3cc4ccccc4cc3-c3ccccc3)cc1)c1ccc(-c3cccc4c3CCCC4)cc1)C(C)(C)c1ccccc1-2. The van der Waals surface area contributed by atoms with Crippen molar-refractivity contribution in [2.45, 2.75) is 51.9 Å². The van der Waals surface area contributed by atoms with Crippen LogP contribution < -0.4 is 4.90 Å². The standard InChI is InChI=1S/C54H45N/c1-36-32-50-47-21-11-12-23-51(47)54(2,3)52(50)35-53(36)55(43-28-24-39(25-29-43)46-22-13-19-37-16-9-10-20-45(37)46)44-30-26-40(27-31-44)49-34-42-18-8-7-17-41(42)33-48(49)38-14-5-4-6-15-38/h4-8,11-15,17-19,21-35H,9-10,16,20H2,1-3H3. The van der Waals surface area contributed by atoms with E-state index in [2.05, 4.69) is 196 Å². The van der Waals surface area contributed by atoms with Gasteiger partial charge in [-0.15, -0.1) is 0 Å². The topological polar surface area (TPSA) is 3.24 Å². The van der Waals surface area contributed by atoms with Crippen molar-refractivity contribution < 1.29 is 0 Å². The molecule has 8 aromatic carbocycles. The Labute approximate surface area is 325 Å². The largest absolute Gasteiger partial charge is 0.310 e. The molecule has 0 aromatic heterocycles. The monoisotopic (exact) mass is 707 g/mol. The molecule has 0 N–H and O–H groups in total. The normalized spacial score (nSPS) is 13.9. The van der Waals surface area contributed by atoms with Gasteiger partial charge in [0.25, 0.3) is 0 Å². The van der Waals surface area contributed by atoms with Crippen molar-refractivity contribution in [2.24, 2.45) is 0 Å². The second-order valence-electron chi connectivity index (χ2n) is 16.0. The number of rotatable bonds is 6. The van der Waals surface area contributed by atoms with Gasteiger partial charge in [0.15, 0.2) is 0 Å². The summed E-state index contributed by atoms with van der Waals surface area (Å²) >= 11 is 0. The van der Waals surface area contributed by atoms with Crippen molar-refractivity contribution in [1.82, 2.24) is 0 Å². The third-order valence-corrected chi connectivity index (χ3v) is 12.4. The Hall–Kier alpha value is -6.18. The summed E-state index contributed by atoms with van der Waals surface area (Å²) < 4.78 is 0. The van der Waals surface area contributed by atoms with E-state index in [1.807, 2.05) is 0 Å². The fourth-order valence-corrected chi connectivity index (χ4v) is 9.48. The van der Waals surface area contributed by atoms with Crippen molar-refractivity contribution in [3.05, 3.63) is 198 Å². The van der Waals surface area contributed by atoms with Crippen molar-refractivity contribution in [3.8, 4) is 44.5 Å². The molecule has 1 heteroatoms. The van der Waals surface area contributed by atoms with Crippen LogP contribution in [-0.2, 0) is 18.3 Å². The lowest BCUT2D eigenvalue weighted by molar-refractivity contribution is 0.660. The van der Waals surface area contributed by atoms with Crippen molar-refractivity contribution in [3.63, 3.8) is 0 Å². The van der Waals surface area contributed by atoms with Crippen LogP contribution in [0.5, 0.6) is 0 Å². The maximum atomic E-state index is 2.47. The molecular formula is C54H45N. The van der Waals surface area contributed by atoms with Gasteiger partial charge in [-0.25, -0.2) is 0 Å². The van der Waals surface area contributed by atoms with Crippen LogP contribution in [0.25, 0.3) is 55.3 Å². The van der Waals surface area contributed by atoms with E-state index in [1.54, 1.807) is 0 Å². The Morgan fingerprint density at radius 1 is 0.436 bits per heavy atom. The van der Waals surface area contributed by atoms with Gasteiger partial charge in [-0.05, 0) is 164 Å². The zero-order valence-corrected chi connectivity index (χ0v) is 31.9. The van der Waals surface area contributed by atoms with Crippen molar-refractivity contribution in [1.29, 1.82) is 0 Å². The highest BCUT2D eigenvalue weighted by Gasteiger charge is 2.36. The van der Waals surface area contributed by atoms with Crippen LogP contribution in [-0.4, -0.2) is 0 Å². The van der Waals surface area contributed by atoms with E-state index in [0.29, 0.717) is 0 Å². The molecule has 0 fully saturated rings. The van der Waals surface area contributed by atoms with Crippen LogP contribution in [0, 0.1) is 6.92 Å². The molecule has 2 aliphatic rings. The van der Waals surface area contributed by atoms with E-state index in [1.165, 1.54) is 114 Å². The van der Waals surface area contributed by atoms with Gasteiger partial charge in [0.05, 0.1) is 0 Å². The molecule has 0 bridgehead atoms. The summed E-state index contributed by atoms with van der Waals surface area (Å²) in [5.41, 5.74) is 20.8. The van der Waals surface area contributed by atoms with Gasteiger partial charge >= 0.3 is 0 Å². The molecule has 2 aliphatic carbocycles. The number of hydrogen-bond donors (Lipinski definition) is 0. The lowest BCUT2D eigenvalue weighted by Gasteiger charge is -2.30. The second kappa shape index (κ2) is 13.3. The van der Waals surface area contributed by atoms with Crippen LogP contribution in [0.2, 0.25) is 0 Å². The second-order valence-corrected chi connectivity index (χ2v) is 16.0. The summed E-state index contributed by atoms with van der Waals surface area (Å²) in [5.74, 6) is 0. The van der Waals surface area contributed by atoms with Crippen LogP contribution >= 0.6 is 0 Å². The molecule has 0 heterocycles. The Kier molecular flexibility index (Phi) is 8.07. The predicted octanol–water partition coefficient (Wildman–Crippen LogP) is 14.8. The molecular weight excluding hydrogens is 663 g/mol. The van der Waals surface area contributed by atoms with Gasteiger partial charge in [-0.1, -0.05) is 135 Å². The minimum atomic E-state index is -0.0932. The van der Waals surface area contributed by atoms with Crippen molar-refractivity contribution >= 4 is 27.8 Å². The Morgan fingerprint density at radius 3 is 1.69 bits per heavy atom. The zero-order valence-electron chi connectivity index (χ0n) is 31.9. The van der Waals surface area contributed by atoms with Gasteiger partial charge < -0.3 is 4.90 Å². The van der Waals surface area contributed by atoms with Gasteiger partial charge in [0, 0.05) is 22.5 Å². The first kappa shape index (κ1) is 33.4. The summed E-state index contributed by atoms with van der Waals surface area (Å²) in [4.78, 5) is 2.47.